The molecule has 0 fully saturated rings. The Hall–Kier alpha value is -2.20. The molecule has 0 unspecified atom stereocenters. The smallest absolute Gasteiger partial charge is 0.342 e. The van der Waals surface area contributed by atoms with E-state index in [1.807, 2.05) is 30.3 Å². The van der Waals surface area contributed by atoms with E-state index >= 15 is 0 Å². The van der Waals surface area contributed by atoms with E-state index in [1.54, 1.807) is 24.3 Å². The summed E-state index contributed by atoms with van der Waals surface area (Å²) in [5, 5.41) is 1.10. The number of carbonyl (C=O) groups excluding carboxylic acids is 1. The first kappa shape index (κ1) is 12.8. The lowest BCUT2D eigenvalue weighted by molar-refractivity contribution is 0.0525. The van der Waals surface area contributed by atoms with Crippen molar-refractivity contribution in [2.24, 2.45) is 0 Å². The van der Waals surface area contributed by atoms with Gasteiger partial charge in [0.15, 0.2) is 5.43 Å². The minimum absolute atomic E-state index is 0.0989. The van der Waals surface area contributed by atoms with E-state index in [0.29, 0.717) is 0 Å². The summed E-state index contributed by atoms with van der Waals surface area (Å²) in [7, 11) is 0. The van der Waals surface area contributed by atoms with Crippen molar-refractivity contribution in [3.05, 3.63) is 58.3 Å². The van der Waals surface area contributed by atoms with Crippen LogP contribution in [-0.2, 0) is 4.74 Å². The van der Waals surface area contributed by atoms with Gasteiger partial charge in [-0.05, 0) is 36.1 Å². The van der Waals surface area contributed by atoms with Crippen LogP contribution in [0, 0.1) is 0 Å². The fraction of sp³-hybridized carbons (Fsp3) is 0.125. The molecule has 1 aromatic rings. The summed E-state index contributed by atoms with van der Waals surface area (Å²) in [6.07, 6.45) is 0. The van der Waals surface area contributed by atoms with Crippen molar-refractivity contribution in [2.45, 2.75) is 6.92 Å². The summed E-state index contributed by atoms with van der Waals surface area (Å²) in [6.45, 7) is 1.98. The third-order valence-electron chi connectivity index (χ3n) is 3.06. The molecule has 1 aromatic carbocycles. The van der Waals surface area contributed by atoms with Gasteiger partial charge in [-0.2, -0.15) is 0 Å². The standard InChI is InChI=1S/C16H12O3S/c1-2-19-16(18)12-8-11-7-10-5-3-4-6-14(10)20-15(11)9-13(12)17/h3-9H,2H2,1H3. The van der Waals surface area contributed by atoms with Crippen molar-refractivity contribution in [2.75, 3.05) is 6.61 Å². The first-order valence-corrected chi connectivity index (χ1v) is 7.14. The number of benzene rings is 2. The van der Waals surface area contributed by atoms with Crippen molar-refractivity contribution >= 4 is 27.4 Å². The largest absolute Gasteiger partial charge is 0.462 e. The second kappa shape index (κ2) is 5.06. The average molecular weight is 284 g/mol. The van der Waals surface area contributed by atoms with Crippen LogP contribution in [0.4, 0.5) is 0 Å². The molecule has 0 saturated carbocycles. The number of ether oxygens (including phenoxy) is 1. The van der Waals surface area contributed by atoms with Crippen molar-refractivity contribution in [1.29, 1.82) is 0 Å². The fourth-order valence-corrected chi connectivity index (χ4v) is 3.16. The van der Waals surface area contributed by atoms with Crippen LogP contribution in [0.1, 0.15) is 17.3 Å². The van der Waals surface area contributed by atoms with E-state index in [4.69, 9.17) is 4.74 Å². The minimum atomic E-state index is -0.558. The molecule has 0 bridgehead atoms. The van der Waals surface area contributed by atoms with Gasteiger partial charge in [-0.25, -0.2) is 4.79 Å². The Morgan fingerprint density at radius 3 is 2.80 bits per heavy atom. The van der Waals surface area contributed by atoms with Gasteiger partial charge < -0.3 is 4.74 Å². The maximum absolute atomic E-state index is 12.0. The van der Waals surface area contributed by atoms with Crippen LogP contribution in [0.25, 0.3) is 20.5 Å². The number of esters is 1. The molecule has 100 valence electrons. The summed E-state index contributed by atoms with van der Waals surface area (Å²) < 4.78 is 6.02. The predicted octanol–water partition coefficient (Wildman–Crippen LogP) is 3.54. The van der Waals surface area contributed by atoms with E-state index in [9.17, 15) is 9.59 Å². The summed E-state index contributed by atoms with van der Waals surface area (Å²) >= 11 is 1.55. The highest BCUT2D eigenvalue weighted by Crippen LogP contribution is 2.32. The van der Waals surface area contributed by atoms with E-state index in [1.165, 1.54) is 6.07 Å². The van der Waals surface area contributed by atoms with Crippen LogP contribution in [-0.4, -0.2) is 12.6 Å². The highest BCUT2D eigenvalue weighted by Gasteiger charge is 2.15. The lowest BCUT2D eigenvalue weighted by Crippen LogP contribution is -2.17. The molecule has 3 nitrogen and oxygen atoms in total. The quantitative estimate of drug-likeness (QED) is 0.534. The van der Waals surface area contributed by atoms with E-state index < -0.39 is 5.97 Å². The van der Waals surface area contributed by atoms with Crippen LogP contribution < -0.4 is 5.43 Å². The Balaban J connectivity index is 2.25. The Bertz CT molecular complexity index is 819. The second-order valence-corrected chi connectivity index (χ2v) is 5.47. The van der Waals surface area contributed by atoms with Crippen molar-refractivity contribution in [3.63, 3.8) is 0 Å². The highest BCUT2D eigenvalue weighted by molar-refractivity contribution is 7.21. The molecule has 1 aliphatic carbocycles. The number of fused-ring (bicyclic) bond motifs is 2. The van der Waals surface area contributed by atoms with Gasteiger partial charge in [-0.3, -0.25) is 4.79 Å². The van der Waals surface area contributed by atoms with Gasteiger partial charge in [0.25, 0.3) is 0 Å². The molecule has 0 N–H and O–H groups in total. The Morgan fingerprint density at radius 2 is 2.00 bits per heavy atom. The van der Waals surface area contributed by atoms with Crippen LogP contribution in [0.5, 0.6) is 0 Å². The molecule has 4 heteroatoms. The molecule has 0 aromatic heterocycles. The predicted molar refractivity (Wildman–Crippen MR) is 80.7 cm³/mol. The molecule has 0 amide bonds. The zero-order chi connectivity index (χ0) is 14.1. The molecular formula is C16H12O3S. The Kier molecular flexibility index (Phi) is 3.24. The number of rotatable bonds is 2. The highest BCUT2D eigenvalue weighted by atomic mass is 32.1. The van der Waals surface area contributed by atoms with Gasteiger partial charge in [0.05, 0.1) is 6.61 Å². The first-order valence-electron chi connectivity index (χ1n) is 6.33. The van der Waals surface area contributed by atoms with Gasteiger partial charge in [0.2, 0.25) is 0 Å². The Morgan fingerprint density at radius 1 is 1.20 bits per heavy atom. The van der Waals surface area contributed by atoms with Crippen molar-refractivity contribution < 1.29 is 9.53 Å². The van der Waals surface area contributed by atoms with Crippen LogP contribution in [0.2, 0.25) is 0 Å². The molecule has 1 heterocycles. The Labute approximate surface area is 119 Å². The molecule has 0 atom stereocenters. The zero-order valence-corrected chi connectivity index (χ0v) is 11.7. The van der Waals surface area contributed by atoms with Gasteiger partial charge in [-0.15, -0.1) is 11.3 Å². The van der Waals surface area contributed by atoms with E-state index in [0.717, 1.165) is 20.5 Å². The lowest BCUT2D eigenvalue weighted by Gasteiger charge is -2.08. The van der Waals surface area contributed by atoms with Crippen LogP contribution in [0.3, 0.4) is 0 Å². The third-order valence-corrected chi connectivity index (χ3v) is 4.22. The molecule has 0 radical (unpaired) electrons. The first-order chi connectivity index (χ1) is 9.69. The van der Waals surface area contributed by atoms with Crippen LogP contribution in [0.15, 0.2) is 47.3 Å². The normalized spacial score (nSPS) is 10.8. The number of hydrogen-bond donors (Lipinski definition) is 0. The van der Waals surface area contributed by atoms with Gasteiger partial charge in [0, 0.05) is 15.6 Å². The van der Waals surface area contributed by atoms with Gasteiger partial charge >= 0.3 is 5.97 Å². The second-order valence-electron chi connectivity index (χ2n) is 4.39. The number of hydrogen-bond acceptors (Lipinski definition) is 4. The minimum Gasteiger partial charge on any atom is -0.462 e. The molecule has 1 aliphatic heterocycles. The summed E-state index contributed by atoms with van der Waals surface area (Å²) in [5.41, 5.74) is 0.695. The van der Waals surface area contributed by atoms with Crippen LogP contribution >= 0.6 is 11.3 Å². The molecule has 2 aliphatic rings. The SMILES string of the molecule is CCOC(=O)c1cc2cc3ccccc3sc-2cc1=O. The summed E-state index contributed by atoms with van der Waals surface area (Å²) in [6, 6.07) is 13.1. The molecular weight excluding hydrogens is 272 g/mol. The fourth-order valence-electron chi connectivity index (χ4n) is 2.13. The molecule has 0 spiro atoms. The zero-order valence-electron chi connectivity index (χ0n) is 10.9. The topological polar surface area (TPSA) is 43.4 Å². The molecule has 0 saturated heterocycles. The molecule has 3 rings (SSSR count). The summed E-state index contributed by atoms with van der Waals surface area (Å²) in [4.78, 5) is 24.6. The van der Waals surface area contributed by atoms with E-state index in [2.05, 4.69) is 0 Å². The third kappa shape index (κ3) is 2.18. The van der Waals surface area contributed by atoms with E-state index in [-0.39, 0.29) is 17.6 Å². The van der Waals surface area contributed by atoms with Crippen molar-refractivity contribution in [3.8, 4) is 10.4 Å². The van der Waals surface area contributed by atoms with Gasteiger partial charge in [0.1, 0.15) is 5.56 Å². The maximum Gasteiger partial charge on any atom is 0.342 e. The van der Waals surface area contributed by atoms with Gasteiger partial charge in [-0.1, -0.05) is 18.2 Å². The number of carbonyl (C=O) groups is 1. The monoisotopic (exact) mass is 284 g/mol. The molecule has 20 heavy (non-hydrogen) atoms. The average Bonchev–Trinajstić information content (AvgIpc) is 2.44. The summed E-state index contributed by atoms with van der Waals surface area (Å²) in [5.74, 6) is -0.558. The van der Waals surface area contributed by atoms with Crippen molar-refractivity contribution in [1.82, 2.24) is 0 Å². The maximum atomic E-state index is 12.0. The lowest BCUT2D eigenvalue weighted by atomic mass is 10.1.